The summed E-state index contributed by atoms with van der Waals surface area (Å²) >= 11 is 0. The summed E-state index contributed by atoms with van der Waals surface area (Å²) in [6.07, 6.45) is 2.80. The van der Waals surface area contributed by atoms with Gasteiger partial charge in [0.2, 0.25) is 12.3 Å². The highest BCUT2D eigenvalue weighted by molar-refractivity contribution is 5.79. The minimum absolute atomic E-state index is 0.00551. The third-order valence-corrected chi connectivity index (χ3v) is 7.23. The van der Waals surface area contributed by atoms with Gasteiger partial charge >= 0.3 is 0 Å². The number of carbonyl (C=O) groups excluding carboxylic acids is 2. The molecule has 0 saturated carbocycles. The first-order valence-electron chi connectivity index (χ1n) is 12.4. The number of nitrogens with zero attached hydrogens (tertiary/aromatic N) is 5. The first kappa shape index (κ1) is 23.4. The lowest BCUT2D eigenvalue weighted by molar-refractivity contribution is -0.140. The zero-order valence-corrected chi connectivity index (χ0v) is 20.3. The summed E-state index contributed by atoms with van der Waals surface area (Å²) < 4.78 is 7.60. The molecule has 8 heteroatoms. The second-order valence-electron chi connectivity index (χ2n) is 9.49. The summed E-state index contributed by atoms with van der Waals surface area (Å²) in [5.74, 6) is 2.11. The van der Waals surface area contributed by atoms with Crippen LogP contribution in [0.5, 0.6) is 5.75 Å². The van der Waals surface area contributed by atoms with Crippen molar-refractivity contribution in [3.63, 3.8) is 0 Å². The number of likely N-dealkylation sites (tertiary alicyclic amines) is 1. The molecule has 3 aromatic rings. The third-order valence-electron chi connectivity index (χ3n) is 7.23. The van der Waals surface area contributed by atoms with Crippen molar-refractivity contribution >= 4 is 23.4 Å². The van der Waals surface area contributed by atoms with E-state index in [4.69, 9.17) is 9.72 Å². The summed E-state index contributed by atoms with van der Waals surface area (Å²) in [5.41, 5.74) is 3.31. The number of fused-ring (bicyclic) bond motifs is 1. The fraction of sp³-hybridized carbons (Fsp3) is 0.444. The molecule has 1 atom stereocenters. The molecule has 0 aliphatic carbocycles. The molecule has 8 nitrogen and oxygen atoms in total. The third kappa shape index (κ3) is 5.17. The van der Waals surface area contributed by atoms with Gasteiger partial charge in [-0.3, -0.25) is 14.5 Å². The molecule has 0 radical (unpaired) electrons. The van der Waals surface area contributed by atoms with E-state index in [2.05, 4.69) is 39.8 Å². The molecule has 0 unspecified atom stereocenters. The Hall–Kier alpha value is -3.39. The summed E-state index contributed by atoms with van der Waals surface area (Å²) in [6.45, 7) is 5.68. The first-order chi connectivity index (χ1) is 17.1. The maximum absolute atomic E-state index is 13.2. The maximum Gasteiger partial charge on any atom is 0.227 e. The molecule has 0 bridgehead atoms. The van der Waals surface area contributed by atoms with E-state index in [1.807, 2.05) is 23.1 Å². The molecule has 1 aromatic heterocycles. The fourth-order valence-electron chi connectivity index (χ4n) is 5.24. The normalized spacial score (nSPS) is 19.2. The number of rotatable bonds is 7. The highest BCUT2D eigenvalue weighted by Gasteiger charge is 2.31. The van der Waals surface area contributed by atoms with Crippen molar-refractivity contribution in [2.75, 3.05) is 46.4 Å². The second-order valence-corrected chi connectivity index (χ2v) is 9.49. The number of hydrogen-bond acceptors (Lipinski definition) is 5. The Morgan fingerprint density at radius 3 is 2.54 bits per heavy atom. The molecular formula is C27H33N5O3. The van der Waals surface area contributed by atoms with Gasteiger partial charge < -0.3 is 19.1 Å². The summed E-state index contributed by atoms with van der Waals surface area (Å²) in [6, 6.07) is 16.4. The largest absolute Gasteiger partial charge is 0.497 e. The topological polar surface area (TPSA) is 70.9 Å². The molecule has 0 N–H and O–H groups in total. The molecule has 2 aromatic carbocycles. The number of benzene rings is 2. The average Bonchev–Trinajstić information content (AvgIpc) is 3.25. The Morgan fingerprint density at radius 1 is 1.03 bits per heavy atom. The molecule has 5 rings (SSSR count). The van der Waals surface area contributed by atoms with Crippen LogP contribution in [-0.2, 0) is 22.7 Å². The van der Waals surface area contributed by atoms with Crippen LogP contribution < -0.4 is 4.74 Å². The summed E-state index contributed by atoms with van der Waals surface area (Å²) in [7, 11) is 1.68. The number of ether oxygens (including phenoxy) is 1. The van der Waals surface area contributed by atoms with Gasteiger partial charge in [-0.05, 0) is 49.2 Å². The number of aromatic nitrogens is 2. The lowest BCUT2D eigenvalue weighted by Gasteiger charge is -2.38. The molecule has 0 spiro atoms. The van der Waals surface area contributed by atoms with Crippen LogP contribution in [0.3, 0.4) is 0 Å². The Bertz CT molecular complexity index is 1170. The SMILES string of the molecule is COc1ccc(Cn2c(CN3CCC[C@@H](C(=O)N4CCN(C=O)CC4)C3)nc3ccccc32)cc1. The zero-order chi connectivity index (χ0) is 24.2. The maximum atomic E-state index is 13.2. The van der Waals surface area contributed by atoms with Crippen LogP contribution in [0.4, 0.5) is 0 Å². The van der Waals surface area contributed by atoms with Gasteiger partial charge in [-0.2, -0.15) is 0 Å². The van der Waals surface area contributed by atoms with Gasteiger partial charge in [-0.25, -0.2) is 4.98 Å². The minimum atomic E-state index is 0.00551. The number of hydrogen-bond donors (Lipinski definition) is 0. The molecular weight excluding hydrogens is 442 g/mol. The number of imidazole rings is 1. The van der Waals surface area contributed by atoms with Crippen molar-refractivity contribution in [1.82, 2.24) is 24.3 Å². The van der Waals surface area contributed by atoms with Crippen molar-refractivity contribution in [2.45, 2.75) is 25.9 Å². The van der Waals surface area contributed by atoms with Crippen LogP contribution >= 0.6 is 0 Å². The molecule has 2 aliphatic heterocycles. The highest BCUT2D eigenvalue weighted by Crippen LogP contribution is 2.24. The van der Waals surface area contributed by atoms with Crippen LogP contribution in [-0.4, -0.2) is 82.9 Å². The molecule has 184 valence electrons. The van der Waals surface area contributed by atoms with Crippen LogP contribution in [0.2, 0.25) is 0 Å². The molecule has 3 heterocycles. The van der Waals surface area contributed by atoms with E-state index >= 15 is 0 Å². The Balaban J connectivity index is 1.31. The second kappa shape index (κ2) is 10.5. The van der Waals surface area contributed by atoms with Crippen LogP contribution in [0.1, 0.15) is 24.2 Å². The molecule has 2 fully saturated rings. The zero-order valence-electron chi connectivity index (χ0n) is 20.3. The van der Waals surface area contributed by atoms with Gasteiger partial charge in [0.05, 0.1) is 30.6 Å². The summed E-state index contributed by atoms with van der Waals surface area (Å²) in [5, 5.41) is 0. The Labute approximate surface area is 206 Å². The monoisotopic (exact) mass is 475 g/mol. The van der Waals surface area contributed by atoms with Crippen molar-refractivity contribution in [3.05, 3.63) is 59.9 Å². The van der Waals surface area contributed by atoms with E-state index in [0.29, 0.717) is 32.7 Å². The predicted octanol–water partition coefficient (Wildman–Crippen LogP) is 2.61. The smallest absolute Gasteiger partial charge is 0.227 e. The molecule has 2 saturated heterocycles. The number of piperidine rings is 1. The van der Waals surface area contributed by atoms with E-state index < -0.39 is 0 Å². The molecule has 2 amide bonds. The van der Waals surface area contributed by atoms with E-state index in [1.165, 1.54) is 5.56 Å². The number of amides is 2. The van der Waals surface area contributed by atoms with Crippen molar-refractivity contribution in [2.24, 2.45) is 5.92 Å². The van der Waals surface area contributed by atoms with E-state index in [0.717, 1.165) is 61.5 Å². The Kier molecular flexibility index (Phi) is 6.99. The number of methoxy groups -OCH3 is 1. The lowest BCUT2D eigenvalue weighted by atomic mass is 9.96. The van der Waals surface area contributed by atoms with Gasteiger partial charge in [0.1, 0.15) is 11.6 Å². The van der Waals surface area contributed by atoms with Gasteiger partial charge in [0, 0.05) is 39.3 Å². The van der Waals surface area contributed by atoms with E-state index in [-0.39, 0.29) is 11.8 Å². The quantitative estimate of drug-likeness (QED) is 0.492. The molecule has 35 heavy (non-hydrogen) atoms. The number of para-hydroxylation sites is 2. The van der Waals surface area contributed by atoms with Crippen molar-refractivity contribution in [3.8, 4) is 5.75 Å². The predicted molar refractivity (Wildman–Crippen MR) is 134 cm³/mol. The van der Waals surface area contributed by atoms with Gasteiger partial charge in [0.15, 0.2) is 0 Å². The average molecular weight is 476 g/mol. The van der Waals surface area contributed by atoms with E-state index in [1.54, 1.807) is 12.0 Å². The van der Waals surface area contributed by atoms with Gasteiger partial charge in [-0.15, -0.1) is 0 Å². The fourth-order valence-corrected chi connectivity index (χ4v) is 5.24. The van der Waals surface area contributed by atoms with Crippen LogP contribution in [0.15, 0.2) is 48.5 Å². The first-order valence-corrected chi connectivity index (χ1v) is 12.4. The number of piperazine rings is 1. The minimum Gasteiger partial charge on any atom is -0.497 e. The lowest BCUT2D eigenvalue weighted by Crippen LogP contribution is -2.52. The Morgan fingerprint density at radius 2 is 1.80 bits per heavy atom. The van der Waals surface area contributed by atoms with Crippen molar-refractivity contribution in [1.29, 1.82) is 0 Å². The molecule has 2 aliphatic rings. The van der Waals surface area contributed by atoms with Crippen LogP contribution in [0, 0.1) is 5.92 Å². The van der Waals surface area contributed by atoms with Gasteiger partial charge in [0.25, 0.3) is 0 Å². The number of carbonyl (C=O) groups is 2. The van der Waals surface area contributed by atoms with Gasteiger partial charge in [-0.1, -0.05) is 24.3 Å². The standard InChI is InChI=1S/C27H33N5O3/c1-35-23-10-8-21(9-11-23)17-32-25-7-3-2-6-24(25)28-26(32)19-30-12-4-5-22(18-30)27(34)31-15-13-29(20-33)14-16-31/h2-3,6-11,20,22H,4-5,12-19H2,1H3/t22-/m1/s1. The highest BCUT2D eigenvalue weighted by atomic mass is 16.5. The van der Waals surface area contributed by atoms with Crippen LogP contribution in [0.25, 0.3) is 11.0 Å². The summed E-state index contributed by atoms with van der Waals surface area (Å²) in [4.78, 5) is 35.2. The van der Waals surface area contributed by atoms with Crippen molar-refractivity contribution < 1.29 is 14.3 Å². The van der Waals surface area contributed by atoms with E-state index in [9.17, 15) is 9.59 Å².